The SMILES string of the molecule is FC(F)(F)[C@H]1COc2ccccc2N1. The van der Waals surface area contributed by atoms with Crippen LogP contribution in [0, 0.1) is 0 Å². The van der Waals surface area contributed by atoms with E-state index in [1.807, 2.05) is 0 Å². The summed E-state index contributed by atoms with van der Waals surface area (Å²) in [6.07, 6.45) is -4.27. The van der Waals surface area contributed by atoms with Crippen molar-refractivity contribution in [3.8, 4) is 5.75 Å². The number of hydrogen-bond donors (Lipinski definition) is 1. The van der Waals surface area contributed by atoms with Crippen LogP contribution in [0.5, 0.6) is 5.75 Å². The van der Waals surface area contributed by atoms with Crippen molar-refractivity contribution < 1.29 is 17.9 Å². The normalized spacial score (nSPS) is 20.6. The van der Waals surface area contributed by atoms with Gasteiger partial charge in [0.1, 0.15) is 12.4 Å². The lowest BCUT2D eigenvalue weighted by molar-refractivity contribution is -0.149. The lowest BCUT2D eigenvalue weighted by Crippen LogP contribution is -2.43. The molecule has 0 unspecified atom stereocenters. The summed E-state index contributed by atoms with van der Waals surface area (Å²) in [4.78, 5) is 0. The zero-order valence-electron chi connectivity index (χ0n) is 7.14. The average molecular weight is 203 g/mol. The second-order valence-corrected chi connectivity index (χ2v) is 3.05. The molecule has 0 spiro atoms. The molecule has 0 bridgehead atoms. The highest BCUT2D eigenvalue weighted by Gasteiger charge is 2.42. The van der Waals surface area contributed by atoms with Crippen molar-refractivity contribution in [1.82, 2.24) is 0 Å². The highest BCUT2D eigenvalue weighted by molar-refractivity contribution is 5.58. The van der Waals surface area contributed by atoms with Crippen molar-refractivity contribution in [3.63, 3.8) is 0 Å². The molecule has 0 aromatic heterocycles. The van der Waals surface area contributed by atoms with Crippen LogP contribution in [0.3, 0.4) is 0 Å². The lowest BCUT2D eigenvalue weighted by atomic mass is 10.2. The molecular formula is C9H8F3NO. The first-order chi connectivity index (χ1) is 6.57. The Morgan fingerprint density at radius 2 is 2.00 bits per heavy atom. The summed E-state index contributed by atoms with van der Waals surface area (Å²) < 4.78 is 41.9. The fourth-order valence-electron chi connectivity index (χ4n) is 1.29. The first-order valence-electron chi connectivity index (χ1n) is 4.12. The zero-order valence-corrected chi connectivity index (χ0v) is 7.14. The molecule has 1 N–H and O–H groups in total. The fraction of sp³-hybridized carbons (Fsp3) is 0.333. The van der Waals surface area contributed by atoms with E-state index in [1.54, 1.807) is 24.3 Å². The number of alkyl halides is 3. The first-order valence-corrected chi connectivity index (χ1v) is 4.12. The number of benzene rings is 1. The molecular weight excluding hydrogens is 195 g/mol. The molecule has 0 fully saturated rings. The number of nitrogens with one attached hydrogen (secondary N) is 1. The second-order valence-electron chi connectivity index (χ2n) is 3.05. The third-order valence-electron chi connectivity index (χ3n) is 2.02. The molecule has 1 heterocycles. The predicted molar refractivity (Wildman–Crippen MR) is 45.4 cm³/mol. The van der Waals surface area contributed by atoms with E-state index in [0.29, 0.717) is 11.4 Å². The van der Waals surface area contributed by atoms with Crippen LogP contribution in [0.25, 0.3) is 0 Å². The van der Waals surface area contributed by atoms with Crippen molar-refractivity contribution in [2.24, 2.45) is 0 Å². The number of ether oxygens (including phenoxy) is 1. The molecule has 1 aliphatic rings. The zero-order chi connectivity index (χ0) is 10.2. The summed E-state index contributed by atoms with van der Waals surface area (Å²) in [5.74, 6) is 0.466. The number of halogens is 3. The molecule has 76 valence electrons. The molecule has 1 atom stereocenters. The Bertz CT molecular complexity index is 337. The van der Waals surface area contributed by atoms with Gasteiger partial charge in [0.05, 0.1) is 5.69 Å². The molecule has 1 aliphatic heterocycles. The van der Waals surface area contributed by atoms with Crippen LogP contribution in [0.2, 0.25) is 0 Å². The van der Waals surface area contributed by atoms with Crippen molar-refractivity contribution in [2.75, 3.05) is 11.9 Å². The highest BCUT2D eigenvalue weighted by atomic mass is 19.4. The maximum absolute atomic E-state index is 12.3. The minimum Gasteiger partial charge on any atom is -0.489 e. The van der Waals surface area contributed by atoms with Gasteiger partial charge in [0.15, 0.2) is 6.04 Å². The van der Waals surface area contributed by atoms with Crippen LogP contribution in [0.4, 0.5) is 18.9 Å². The molecule has 0 saturated heterocycles. The smallest absolute Gasteiger partial charge is 0.411 e. The summed E-state index contributed by atoms with van der Waals surface area (Å²) in [7, 11) is 0. The monoisotopic (exact) mass is 203 g/mol. The maximum atomic E-state index is 12.3. The van der Waals surface area contributed by atoms with Gasteiger partial charge in [-0.15, -0.1) is 0 Å². The number of fused-ring (bicyclic) bond motifs is 1. The lowest BCUT2D eigenvalue weighted by Gasteiger charge is -2.28. The summed E-state index contributed by atoms with van der Waals surface area (Å²) >= 11 is 0. The molecule has 0 aliphatic carbocycles. The van der Waals surface area contributed by atoms with Crippen LogP contribution >= 0.6 is 0 Å². The van der Waals surface area contributed by atoms with Gasteiger partial charge in [0, 0.05) is 0 Å². The van der Waals surface area contributed by atoms with E-state index >= 15 is 0 Å². The summed E-state index contributed by atoms with van der Waals surface area (Å²) in [6, 6.07) is 4.96. The van der Waals surface area contributed by atoms with Crippen molar-refractivity contribution in [1.29, 1.82) is 0 Å². The Labute approximate surface area is 78.7 Å². The Morgan fingerprint density at radius 3 is 2.71 bits per heavy atom. The van der Waals surface area contributed by atoms with Crippen molar-refractivity contribution in [2.45, 2.75) is 12.2 Å². The van der Waals surface area contributed by atoms with E-state index in [-0.39, 0.29) is 6.61 Å². The molecule has 1 aromatic rings. The van der Waals surface area contributed by atoms with E-state index in [1.165, 1.54) is 0 Å². The van der Waals surface area contributed by atoms with E-state index in [9.17, 15) is 13.2 Å². The summed E-state index contributed by atoms with van der Waals surface area (Å²) in [6.45, 7) is -0.374. The van der Waals surface area contributed by atoms with E-state index < -0.39 is 12.2 Å². The number of anilines is 1. The van der Waals surface area contributed by atoms with E-state index in [0.717, 1.165) is 0 Å². The number of rotatable bonds is 0. The number of para-hydroxylation sites is 2. The first kappa shape index (κ1) is 9.18. The Hall–Kier alpha value is -1.39. The molecule has 1 aromatic carbocycles. The maximum Gasteiger partial charge on any atom is 0.411 e. The van der Waals surface area contributed by atoms with Gasteiger partial charge in [-0.2, -0.15) is 13.2 Å². The average Bonchev–Trinajstić information content (AvgIpc) is 2.16. The van der Waals surface area contributed by atoms with Gasteiger partial charge >= 0.3 is 6.18 Å². The second kappa shape index (κ2) is 3.08. The van der Waals surface area contributed by atoms with Gasteiger partial charge in [-0.05, 0) is 12.1 Å². The van der Waals surface area contributed by atoms with Gasteiger partial charge < -0.3 is 10.1 Å². The van der Waals surface area contributed by atoms with Crippen LogP contribution < -0.4 is 10.1 Å². The molecule has 0 radical (unpaired) electrons. The van der Waals surface area contributed by atoms with Gasteiger partial charge in [-0.25, -0.2) is 0 Å². The van der Waals surface area contributed by atoms with Gasteiger partial charge in [0.2, 0.25) is 0 Å². The summed E-state index contributed by atoms with van der Waals surface area (Å²) in [5.41, 5.74) is 0.390. The van der Waals surface area contributed by atoms with Crippen LogP contribution in [-0.2, 0) is 0 Å². The molecule has 0 saturated carbocycles. The van der Waals surface area contributed by atoms with Crippen LogP contribution in [0.15, 0.2) is 24.3 Å². The third-order valence-corrected chi connectivity index (χ3v) is 2.02. The summed E-state index contributed by atoms with van der Waals surface area (Å²) in [5, 5.41) is 2.39. The quantitative estimate of drug-likeness (QED) is 0.699. The van der Waals surface area contributed by atoms with E-state index in [4.69, 9.17) is 4.74 Å². The molecule has 2 nitrogen and oxygen atoms in total. The van der Waals surface area contributed by atoms with Crippen LogP contribution in [0.1, 0.15) is 0 Å². The van der Waals surface area contributed by atoms with E-state index in [2.05, 4.69) is 5.32 Å². The molecule has 5 heteroatoms. The Balaban J connectivity index is 2.22. The van der Waals surface area contributed by atoms with Gasteiger partial charge in [-0.3, -0.25) is 0 Å². The van der Waals surface area contributed by atoms with Gasteiger partial charge in [-0.1, -0.05) is 12.1 Å². The third kappa shape index (κ3) is 1.62. The van der Waals surface area contributed by atoms with Crippen molar-refractivity contribution in [3.05, 3.63) is 24.3 Å². The van der Waals surface area contributed by atoms with Crippen LogP contribution in [-0.4, -0.2) is 18.8 Å². The van der Waals surface area contributed by atoms with Gasteiger partial charge in [0.25, 0.3) is 0 Å². The Kier molecular flexibility index (Phi) is 2.02. The molecule has 2 rings (SSSR count). The molecule has 14 heavy (non-hydrogen) atoms. The Morgan fingerprint density at radius 1 is 1.29 bits per heavy atom. The predicted octanol–water partition coefficient (Wildman–Crippen LogP) is 2.42. The highest BCUT2D eigenvalue weighted by Crippen LogP contribution is 2.33. The van der Waals surface area contributed by atoms with Crippen molar-refractivity contribution >= 4 is 5.69 Å². The topological polar surface area (TPSA) is 21.3 Å². The largest absolute Gasteiger partial charge is 0.489 e. The minimum atomic E-state index is -4.27. The molecule has 0 amide bonds. The number of hydrogen-bond acceptors (Lipinski definition) is 2. The fourth-order valence-corrected chi connectivity index (χ4v) is 1.29. The minimum absolute atomic E-state index is 0.374. The standard InChI is InChI=1S/C9H8F3NO/c10-9(11,12)8-5-14-7-4-2-1-3-6(7)13-8/h1-4,8,13H,5H2/t8-/m1/s1.